The fourth-order valence-electron chi connectivity index (χ4n) is 3.44. The molecule has 25 heavy (non-hydrogen) atoms. The van der Waals surface area contributed by atoms with Gasteiger partial charge in [0, 0.05) is 44.2 Å². The van der Waals surface area contributed by atoms with Crippen LogP contribution in [-0.2, 0) is 22.6 Å². The maximum atomic E-state index is 12.8. The molecule has 2 aromatic heterocycles. The number of amides is 1. The first-order valence-electron chi connectivity index (χ1n) is 8.73. The van der Waals surface area contributed by atoms with E-state index in [4.69, 9.17) is 9.47 Å². The van der Waals surface area contributed by atoms with E-state index < -0.39 is 0 Å². The molecule has 4 rings (SSSR count). The lowest BCUT2D eigenvalue weighted by Crippen LogP contribution is -2.41. The topological polar surface area (TPSA) is 69.5 Å². The molecule has 4 heterocycles. The number of carbonyl (C=O) groups excluding carboxylic acids is 1. The third kappa shape index (κ3) is 3.66. The van der Waals surface area contributed by atoms with Gasteiger partial charge in [-0.2, -0.15) is 0 Å². The molecule has 1 saturated heterocycles. The van der Waals surface area contributed by atoms with E-state index in [2.05, 4.69) is 14.5 Å². The van der Waals surface area contributed by atoms with Gasteiger partial charge in [-0.15, -0.1) is 0 Å². The second-order valence-electron chi connectivity index (χ2n) is 6.58. The highest BCUT2D eigenvalue weighted by molar-refractivity contribution is 5.81. The molecule has 0 aliphatic carbocycles. The predicted octanol–water partition coefficient (Wildman–Crippen LogP) is 1.49. The molecule has 0 spiro atoms. The van der Waals surface area contributed by atoms with E-state index in [1.807, 2.05) is 23.2 Å². The third-order valence-corrected chi connectivity index (χ3v) is 4.70. The summed E-state index contributed by atoms with van der Waals surface area (Å²) in [5, 5.41) is 0. The first-order valence-corrected chi connectivity index (χ1v) is 8.73. The molecule has 132 valence electrons. The number of aromatic nitrogens is 3. The summed E-state index contributed by atoms with van der Waals surface area (Å²) in [4.78, 5) is 23.2. The van der Waals surface area contributed by atoms with Gasteiger partial charge in [0.2, 0.25) is 0 Å². The van der Waals surface area contributed by atoms with E-state index in [0.717, 1.165) is 31.0 Å². The van der Waals surface area contributed by atoms with Gasteiger partial charge in [0.25, 0.3) is 5.91 Å². The molecule has 1 fully saturated rings. The van der Waals surface area contributed by atoms with Gasteiger partial charge in [-0.3, -0.25) is 9.78 Å². The Balaban J connectivity index is 1.48. The molecule has 2 aromatic rings. The third-order valence-electron chi connectivity index (χ3n) is 4.70. The number of imidazole rings is 1. The highest BCUT2D eigenvalue weighted by Crippen LogP contribution is 2.21. The number of hydrogen-bond donors (Lipinski definition) is 0. The molecule has 0 N–H and O–H groups in total. The van der Waals surface area contributed by atoms with Gasteiger partial charge in [-0.25, -0.2) is 4.98 Å². The molecule has 7 nitrogen and oxygen atoms in total. The van der Waals surface area contributed by atoms with Crippen molar-refractivity contribution in [2.75, 3.05) is 19.8 Å². The first kappa shape index (κ1) is 16.1. The normalized spacial score (nSPS) is 23.1. The van der Waals surface area contributed by atoms with Crippen LogP contribution in [0.15, 0.2) is 36.9 Å². The lowest BCUT2D eigenvalue weighted by atomic mass is 10.1. The van der Waals surface area contributed by atoms with Gasteiger partial charge in [0.15, 0.2) is 0 Å². The molecule has 1 amide bonds. The van der Waals surface area contributed by atoms with Gasteiger partial charge in [0.05, 0.1) is 19.3 Å². The largest absolute Gasteiger partial charge is 0.492 e. The molecule has 1 unspecified atom stereocenters. The van der Waals surface area contributed by atoms with Crippen LogP contribution in [0.4, 0.5) is 0 Å². The Morgan fingerprint density at radius 1 is 1.36 bits per heavy atom. The van der Waals surface area contributed by atoms with Crippen LogP contribution in [0.2, 0.25) is 0 Å². The van der Waals surface area contributed by atoms with E-state index in [1.54, 1.807) is 18.6 Å². The number of nitrogens with zero attached hydrogens (tertiary/aromatic N) is 4. The van der Waals surface area contributed by atoms with Gasteiger partial charge in [-0.1, -0.05) is 0 Å². The van der Waals surface area contributed by atoms with Crippen molar-refractivity contribution in [1.82, 2.24) is 19.4 Å². The smallest absolute Gasteiger partial charge is 0.252 e. The number of rotatable bonds is 4. The minimum absolute atomic E-state index is 0.0697. The van der Waals surface area contributed by atoms with Crippen LogP contribution in [0.3, 0.4) is 0 Å². The van der Waals surface area contributed by atoms with Crippen LogP contribution in [0.5, 0.6) is 5.75 Å². The van der Waals surface area contributed by atoms with Crippen molar-refractivity contribution in [3.8, 4) is 5.75 Å². The fraction of sp³-hybridized carbons (Fsp3) is 0.500. The molecular weight excluding hydrogens is 320 g/mol. The van der Waals surface area contributed by atoms with Crippen LogP contribution in [0, 0.1) is 5.92 Å². The quantitative estimate of drug-likeness (QED) is 0.842. The Kier molecular flexibility index (Phi) is 4.65. The lowest BCUT2D eigenvalue weighted by molar-refractivity contribution is -0.142. The summed E-state index contributed by atoms with van der Waals surface area (Å²) in [5.74, 6) is 1.91. The van der Waals surface area contributed by atoms with Crippen LogP contribution < -0.4 is 4.74 Å². The van der Waals surface area contributed by atoms with E-state index >= 15 is 0 Å². The van der Waals surface area contributed by atoms with Crippen molar-refractivity contribution < 1.29 is 14.3 Å². The van der Waals surface area contributed by atoms with Crippen LogP contribution in [0.25, 0.3) is 0 Å². The molecule has 0 saturated carbocycles. The van der Waals surface area contributed by atoms with Gasteiger partial charge in [-0.05, 0) is 25.0 Å². The second-order valence-corrected chi connectivity index (χ2v) is 6.58. The minimum Gasteiger partial charge on any atom is -0.492 e. The lowest BCUT2D eigenvalue weighted by Gasteiger charge is -2.26. The molecule has 0 radical (unpaired) electrons. The highest BCUT2D eigenvalue weighted by atomic mass is 16.5. The van der Waals surface area contributed by atoms with Crippen molar-refractivity contribution in [3.63, 3.8) is 0 Å². The highest BCUT2D eigenvalue weighted by Gasteiger charge is 2.32. The standard InChI is InChI=1S/C18H22N4O3/c23-18(16-4-2-8-24-16)22-11-14(10-21-7-6-20-17(21)12-22)13-25-15-3-1-5-19-9-15/h1,3,5-7,9,14,16H,2,4,8,10-13H2/t14?,16-/m1/s1. The van der Waals surface area contributed by atoms with Crippen LogP contribution in [-0.4, -0.2) is 51.2 Å². The van der Waals surface area contributed by atoms with Crippen molar-refractivity contribution in [2.45, 2.75) is 32.0 Å². The van der Waals surface area contributed by atoms with E-state index in [1.165, 1.54) is 0 Å². The molecular formula is C18H22N4O3. The summed E-state index contributed by atoms with van der Waals surface area (Å²) in [5.41, 5.74) is 0. The van der Waals surface area contributed by atoms with Gasteiger partial charge in [0.1, 0.15) is 17.7 Å². The van der Waals surface area contributed by atoms with Crippen molar-refractivity contribution in [2.24, 2.45) is 5.92 Å². The van der Waals surface area contributed by atoms with Crippen LogP contribution in [0.1, 0.15) is 18.7 Å². The number of ether oxygens (including phenoxy) is 2. The Morgan fingerprint density at radius 2 is 2.32 bits per heavy atom. The number of carbonyl (C=O) groups is 1. The Bertz CT molecular complexity index is 712. The Hall–Kier alpha value is -2.41. The predicted molar refractivity (Wildman–Crippen MR) is 89.8 cm³/mol. The van der Waals surface area contributed by atoms with Gasteiger partial charge < -0.3 is 18.9 Å². The molecule has 0 bridgehead atoms. The Labute approximate surface area is 146 Å². The zero-order chi connectivity index (χ0) is 17.1. The fourth-order valence-corrected chi connectivity index (χ4v) is 3.44. The van der Waals surface area contributed by atoms with Crippen molar-refractivity contribution in [3.05, 3.63) is 42.7 Å². The molecule has 0 aromatic carbocycles. The first-order chi connectivity index (χ1) is 12.3. The summed E-state index contributed by atoms with van der Waals surface area (Å²) in [6, 6.07) is 3.74. The monoisotopic (exact) mass is 342 g/mol. The number of pyridine rings is 1. The summed E-state index contributed by atoms with van der Waals surface area (Å²) < 4.78 is 13.6. The zero-order valence-corrected chi connectivity index (χ0v) is 14.1. The summed E-state index contributed by atoms with van der Waals surface area (Å²) in [6.45, 7) is 3.15. The molecule has 2 aliphatic heterocycles. The molecule has 2 aliphatic rings. The van der Waals surface area contributed by atoms with Crippen molar-refractivity contribution in [1.29, 1.82) is 0 Å². The summed E-state index contributed by atoms with van der Waals surface area (Å²) in [6.07, 6.45) is 8.63. The van der Waals surface area contributed by atoms with Crippen molar-refractivity contribution >= 4 is 5.91 Å². The minimum atomic E-state index is -0.304. The van der Waals surface area contributed by atoms with Crippen LogP contribution >= 0.6 is 0 Å². The summed E-state index contributed by atoms with van der Waals surface area (Å²) >= 11 is 0. The molecule has 7 heteroatoms. The van der Waals surface area contributed by atoms with E-state index in [9.17, 15) is 4.79 Å². The number of fused-ring (bicyclic) bond motifs is 1. The Morgan fingerprint density at radius 3 is 3.12 bits per heavy atom. The number of hydrogen-bond acceptors (Lipinski definition) is 5. The SMILES string of the molecule is O=C([C@H]1CCCO1)N1Cc2nccn2CC(COc2cccnc2)C1. The second kappa shape index (κ2) is 7.23. The average molecular weight is 342 g/mol. The van der Waals surface area contributed by atoms with Gasteiger partial charge >= 0.3 is 0 Å². The maximum absolute atomic E-state index is 12.8. The summed E-state index contributed by atoms with van der Waals surface area (Å²) in [7, 11) is 0. The molecule has 2 atom stereocenters. The maximum Gasteiger partial charge on any atom is 0.252 e. The average Bonchev–Trinajstić information content (AvgIpc) is 3.29. The van der Waals surface area contributed by atoms with E-state index in [-0.39, 0.29) is 17.9 Å². The zero-order valence-electron chi connectivity index (χ0n) is 14.1. The van der Waals surface area contributed by atoms with E-state index in [0.29, 0.717) is 26.3 Å².